The number of aromatic nitrogens is 1. The van der Waals surface area contributed by atoms with Gasteiger partial charge in [0, 0.05) is 11.8 Å². The summed E-state index contributed by atoms with van der Waals surface area (Å²) in [4.78, 5) is 14.7. The van der Waals surface area contributed by atoms with E-state index >= 15 is 0 Å². The number of aldehydes is 1. The SMILES string of the molecule is O=C/C(=C/C=C(Cl)Cl)c1ccccn1. The molecule has 0 aliphatic carbocycles. The van der Waals surface area contributed by atoms with Crippen LogP contribution in [0.2, 0.25) is 0 Å². The van der Waals surface area contributed by atoms with E-state index in [9.17, 15) is 4.79 Å². The first-order valence-corrected chi connectivity index (χ1v) is 4.59. The summed E-state index contributed by atoms with van der Waals surface area (Å²) in [6, 6.07) is 5.30. The molecule has 0 N–H and O–H groups in total. The molecule has 0 aliphatic rings. The van der Waals surface area contributed by atoms with Crippen molar-refractivity contribution in [2.75, 3.05) is 0 Å². The Morgan fingerprint density at radius 2 is 2.07 bits per heavy atom. The fourth-order valence-corrected chi connectivity index (χ4v) is 0.997. The second-order valence-corrected chi connectivity index (χ2v) is 3.42. The van der Waals surface area contributed by atoms with Gasteiger partial charge in [0.1, 0.15) is 4.49 Å². The summed E-state index contributed by atoms with van der Waals surface area (Å²) < 4.78 is 0.0975. The molecule has 1 aromatic heterocycles. The molecule has 1 heterocycles. The van der Waals surface area contributed by atoms with Crippen LogP contribution in [-0.4, -0.2) is 11.3 Å². The molecular formula is C10H7Cl2NO. The van der Waals surface area contributed by atoms with Crippen LogP contribution in [0.5, 0.6) is 0 Å². The zero-order chi connectivity index (χ0) is 10.4. The van der Waals surface area contributed by atoms with Crippen LogP contribution in [-0.2, 0) is 4.79 Å². The van der Waals surface area contributed by atoms with E-state index in [4.69, 9.17) is 23.2 Å². The first-order valence-electron chi connectivity index (χ1n) is 3.83. The lowest BCUT2D eigenvalue weighted by Crippen LogP contribution is -1.88. The minimum Gasteiger partial charge on any atom is -0.298 e. The standard InChI is InChI=1S/C10H7Cl2NO/c11-10(12)5-4-8(7-14)9-3-1-2-6-13-9/h1-7H/b8-4-. The highest BCUT2D eigenvalue weighted by atomic mass is 35.5. The average molecular weight is 228 g/mol. The van der Waals surface area contributed by atoms with Crippen molar-refractivity contribution in [1.82, 2.24) is 4.98 Å². The quantitative estimate of drug-likeness (QED) is 0.452. The number of pyridine rings is 1. The maximum absolute atomic E-state index is 10.7. The van der Waals surface area contributed by atoms with E-state index in [1.807, 2.05) is 0 Å². The molecule has 0 fully saturated rings. The topological polar surface area (TPSA) is 30.0 Å². The summed E-state index contributed by atoms with van der Waals surface area (Å²) in [5.74, 6) is 0. The highest BCUT2D eigenvalue weighted by Crippen LogP contribution is 2.11. The fourth-order valence-electron chi connectivity index (χ4n) is 0.871. The number of rotatable bonds is 3. The van der Waals surface area contributed by atoms with Gasteiger partial charge in [0.15, 0.2) is 6.29 Å². The molecule has 0 spiro atoms. The monoisotopic (exact) mass is 227 g/mol. The summed E-state index contributed by atoms with van der Waals surface area (Å²) in [6.45, 7) is 0. The molecule has 0 radical (unpaired) electrons. The van der Waals surface area contributed by atoms with E-state index in [0.29, 0.717) is 17.6 Å². The van der Waals surface area contributed by atoms with Crippen molar-refractivity contribution in [3.05, 3.63) is 46.7 Å². The maximum Gasteiger partial charge on any atom is 0.152 e. The molecular weight excluding hydrogens is 221 g/mol. The van der Waals surface area contributed by atoms with E-state index in [1.165, 1.54) is 12.2 Å². The van der Waals surface area contributed by atoms with E-state index < -0.39 is 0 Å². The lowest BCUT2D eigenvalue weighted by Gasteiger charge is -1.95. The number of nitrogens with zero attached hydrogens (tertiary/aromatic N) is 1. The summed E-state index contributed by atoms with van der Waals surface area (Å²) in [7, 11) is 0. The van der Waals surface area contributed by atoms with Crippen LogP contribution in [0.15, 0.2) is 41.0 Å². The minimum atomic E-state index is 0.0975. The van der Waals surface area contributed by atoms with Gasteiger partial charge in [0.25, 0.3) is 0 Å². The molecule has 14 heavy (non-hydrogen) atoms. The molecule has 0 saturated heterocycles. The first kappa shape index (κ1) is 11.0. The molecule has 1 rings (SSSR count). The second kappa shape index (κ2) is 5.58. The molecule has 0 amide bonds. The molecule has 0 aliphatic heterocycles. The minimum absolute atomic E-state index is 0.0975. The van der Waals surface area contributed by atoms with Crippen LogP contribution in [0.4, 0.5) is 0 Å². The normalized spacial score (nSPS) is 10.9. The van der Waals surface area contributed by atoms with Gasteiger partial charge >= 0.3 is 0 Å². The van der Waals surface area contributed by atoms with Crippen molar-refractivity contribution in [3.63, 3.8) is 0 Å². The van der Waals surface area contributed by atoms with Gasteiger partial charge < -0.3 is 0 Å². The van der Waals surface area contributed by atoms with E-state index in [-0.39, 0.29) is 4.49 Å². The molecule has 0 bridgehead atoms. The molecule has 0 atom stereocenters. The van der Waals surface area contributed by atoms with Gasteiger partial charge in [-0.05, 0) is 24.3 Å². The number of hydrogen-bond donors (Lipinski definition) is 0. The van der Waals surface area contributed by atoms with E-state index in [2.05, 4.69) is 4.98 Å². The van der Waals surface area contributed by atoms with Crippen molar-refractivity contribution in [3.8, 4) is 0 Å². The Labute approximate surface area is 91.9 Å². The van der Waals surface area contributed by atoms with Gasteiger partial charge in [-0.15, -0.1) is 0 Å². The lowest BCUT2D eigenvalue weighted by atomic mass is 10.2. The van der Waals surface area contributed by atoms with Crippen LogP contribution in [0, 0.1) is 0 Å². The van der Waals surface area contributed by atoms with Gasteiger partial charge in [-0.3, -0.25) is 9.78 Å². The number of allylic oxidation sites excluding steroid dienone is 3. The van der Waals surface area contributed by atoms with Gasteiger partial charge in [-0.1, -0.05) is 29.3 Å². The molecule has 4 heteroatoms. The predicted molar refractivity (Wildman–Crippen MR) is 58.1 cm³/mol. The Balaban J connectivity index is 2.99. The lowest BCUT2D eigenvalue weighted by molar-refractivity contribution is -0.103. The van der Waals surface area contributed by atoms with Gasteiger partial charge in [-0.2, -0.15) is 0 Å². The van der Waals surface area contributed by atoms with E-state index in [1.54, 1.807) is 24.4 Å². The Kier molecular flexibility index (Phi) is 4.36. The Morgan fingerprint density at radius 3 is 2.57 bits per heavy atom. The highest BCUT2D eigenvalue weighted by molar-refractivity contribution is 6.56. The first-order chi connectivity index (χ1) is 6.74. The van der Waals surface area contributed by atoms with Gasteiger partial charge in [-0.25, -0.2) is 0 Å². The molecule has 0 unspecified atom stereocenters. The van der Waals surface area contributed by atoms with Crippen LogP contribution in [0.25, 0.3) is 5.57 Å². The second-order valence-electron chi connectivity index (χ2n) is 2.41. The van der Waals surface area contributed by atoms with Gasteiger partial charge in [0.05, 0.1) is 5.69 Å². The van der Waals surface area contributed by atoms with Crippen molar-refractivity contribution in [2.24, 2.45) is 0 Å². The molecule has 0 saturated carbocycles. The predicted octanol–water partition coefficient (Wildman–Crippen LogP) is 2.98. The summed E-state index contributed by atoms with van der Waals surface area (Å²) in [6.07, 6.45) is 5.26. The van der Waals surface area contributed by atoms with Crippen molar-refractivity contribution >= 4 is 35.1 Å². The largest absolute Gasteiger partial charge is 0.298 e. The summed E-state index contributed by atoms with van der Waals surface area (Å²) >= 11 is 10.8. The molecule has 1 aromatic rings. The highest BCUT2D eigenvalue weighted by Gasteiger charge is 1.98. The molecule has 0 aromatic carbocycles. The van der Waals surface area contributed by atoms with Crippen molar-refractivity contribution < 1.29 is 4.79 Å². The average Bonchev–Trinajstić information content (AvgIpc) is 2.20. The number of hydrogen-bond acceptors (Lipinski definition) is 2. The van der Waals surface area contributed by atoms with Crippen LogP contribution in [0.1, 0.15) is 5.69 Å². The van der Waals surface area contributed by atoms with Crippen LogP contribution >= 0.6 is 23.2 Å². The third kappa shape index (κ3) is 3.32. The fraction of sp³-hybridized carbons (Fsp3) is 0. The van der Waals surface area contributed by atoms with Crippen molar-refractivity contribution in [2.45, 2.75) is 0 Å². The zero-order valence-electron chi connectivity index (χ0n) is 7.15. The van der Waals surface area contributed by atoms with Gasteiger partial charge in [0.2, 0.25) is 0 Å². The summed E-state index contributed by atoms with van der Waals surface area (Å²) in [5.41, 5.74) is 1.03. The van der Waals surface area contributed by atoms with Crippen LogP contribution < -0.4 is 0 Å². The zero-order valence-corrected chi connectivity index (χ0v) is 8.66. The van der Waals surface area contributed by atoms with E-state index in [0.717, 1.165) is 0 Å². The maximum atomic E-state index is 10.7. The number of halogens is 2. The molecule has 72 valence electrons. The third-order valence-electron chi connectivity index (χ3n) is 1.48. The number of carbonyl (C=O) groups is 1. The Bertz CT molecular complexity index is 367. The summed E-state index contributed by atoms with van der Waals surface area (Å²) in [5, 5.41) is 0. The van der Waals surface area contributed by atoms with Crippen LogP contribution in [0.3, 0.4) is 0 Å². The Morgan fingerprint density at radius 1 is 1.29 bits per heavy atom. The smallest absolute Gasteiger partial charge is 0.152 e. The number of carbonyl (C=O) groups excluding carboxylic acids is 1. The molecule has 2 nitrogen and oxygen atoms in total. The van der Waals surface area contributed by atoms with Crippen molar-refractivity contribution in [1.29, 1.82) is 0 Å². The Hall–Kier alpha value is -1.12. The third-order valence-corrected chi connectivity index (χ3v) is 1.73.